The van der Waals surface area contributed by atoms with E-state index in [0.717, 1.165) is 22.3 Å². The predicted molar refractivity (Wildman–Crippen MR) is 60.1 cm³/mol. The van der Waals surface area contributed by atoms with Crippen molar-refractivity contribution in [2.45, 2.75) is 20.3 Å². The van der Waals surface area contributed by atoms with Crippen LogP contribution in [-0.4, -0.2) is 5.78 Å². The zero-order valence-electron chi connectivity index (χ0n) is 9.20. The number of hydrogen-bond donors (Lipinski definition) is 0. The first kappa shape index (κ1) is 10.4. The minimum atomic E-state index is 0.0909. The second kappa shape index (κ2) is 3.82. The van der Waals surface area contributed by atoms with Gasteiger partial charge in [-0.3, -0.25) is 4.79 Å². The van der Waals surface area contributed by atoms with Crippen molar-refractivity contribution in [3.8, 4) is 6.07 Å². The molecule has 80 valence electrons. The number of nitriles is 1. The van der Waals surface area contributed by atoms with E-state index in [1.807, 2.05) is 6.92 Å². The maximum atomic E-state index is 11.2. The fraction of sp³-hybridized carbons (Fsp3) is 0.231. The van der Waals surface area contributed by atoms with E-state index in [4.69, 9.17) is 9.68 Å². The first-order valence-electron chi connectivity index (χ1n) is 5.03. The molecule has 2 aromatic rings. The van der Waals surface area contributed by atoms with Crippen LogP contribution in [0.15, 0.2) is 22.6 Å². The van der Waals surface area contributed by atoms with Gasteiger partial charge in [-0.2, -0.15) is 5.26 Å². The van der Waals surface area contributed by atoms with Crippen molar-refractivity contribution in [2.24, 2.45) is 0 Å². The van der Waals surface area contributed by atoms with E-state index in [0.29, 0.717) is 12.0 Å². The quantitative estimate of drug-likeness (QED) is 0.770. The van der Waals surface area contributed by atoms with E-state index in [9.17, 15) is 4.79 Å². The van der Waals surface area contributed by atoms with Crippen LogP contribution in [-0.2, 0) is 11.2 Å². The lowest BCUT2D eigenvalue weighted by atomic mass is 10.0. The summed E-state index contributed by atoms with van der Waals surface area (Å²) in [6.45, 7) is 3.39. The summed E-state index contributed by atoms with van der Waals surface area (Å²) in [6.07, 6.45) is 0.355. The van der Waals surface area contributed by atoms with Gasteiger partial charge in [-0.05, 0) is 32.0 Å². The summed E-state index contributed by atoms with van der Waals surface area (Å²) in [5.41, 5.74) is 2.20. The van der Waals surface area contributed by atoms with Gasteiger partial charge in [0.05, 0.1) is 11.6 Å². The maximum Gasteiger partial charge on any atom is 0.134 e. The highest BCUT2D eigenvalue weighted by atomic mass is 16.3. The molecule has 0 fully saturated rings. The van der Waals surface area contributed by atoms with Crippen LogP contribution < -0.4 is 0 Å². The molecule has 0 saturated carbocycles. The molecule has 0 amide bonds. The molecule has 3 heteroatoms. The van der Waals surface area contributed by atoms with Crippen molar-refractivity contribution < 1.29 is 9.21 Å². The van der Waals surface area contributed by atoms with Gasteiger partial charge in [-0.25, -0.2) is 0 Å². The third-order valence-electron chi connectivity index (χ3n) is 2.55. The van der Waals surface area contributed by atoms with Gasteiger partial charge < -0.3 is 4.42 Å². The zero-order valence-corrected chi connectivity index (χ0v) is 9.20. The van der Waals surface area contributed by atoms with Gasteiger partial charge in [0.15, 0.2) is 0 Å². The van der Waals surface area contributed by atoms with Crippen LogP contribution in [0.2, 0.25) is 0 Å². The first-order valence-corrected chi connectivity index (χ1v) is 5.03. The molecular formula is C13H11NO2. The summed E-state index contributed by atoms with van der Waals surface area (Å²) < 4.78 is 5.54. The molecule has 16 heavy (non-hydrogen) atoms. The molecule has 0 bridgehead atoms. The Balaban J connectivity index is 2.66. The summed E-state index contributed by atoms with van der Waals surface area (Å²) in [7, 11) is 0. The minimum absolute atomic E-state index is 0.0909. The van der Waals surface area contributed by atoms with Crippen LogP contribution in [0.3, 0.4) is 0 Å². The molecular weight excluding hydrogens is 202 g/mol. The molecule has 0 radical (unpaired) electrons. The highest BCUT2D eigenvalue weighted by Gasteiger charge is 2.12. The third-order valence-corrected chi connectivity index (χ3v) is 2.55. The summed E-state index contributed by atoms with van der Waals surface area (Å²) in [5.74, 6) is 0.841. The van der Waals surface area contributed by atoms with Crippen LogP contribution >= 0.6 is 0 Å². The number of hydrogen-bond acceptors (Lipinski definition) is 3. The van der Waals surface area contributed by atoms with E-state index in [1.165, 1.54) is 0 Å². The topological polar surface area (TPSA) is 54.0 Å². The standard InChI is InChI=1S/C13H11NO2/c1-8(15)5-11-9(2)16-13-4-3-10(7-14)6-12(11)13/h3-4,6H,5H2,1-2H3. The van der Waals surface area contributed by atoms with Gasteiger partial charge in [0.1, 0.15) is 17.1 Å². The van der Waals surface area contributed by atoms with Crippen molar-refractivity contribution in [3.05, 3.63) is 35.1 Å². The Kier molecular flexibility index (Phi) is 2.49. The van der Waals surface area contributed by atoms with Crippen LogP contribution in [0.25, 0.3) is 11.0 Å². The van der Waals surface area contributed by atoms with E-state index < -0.39 is 0 Å². The number of Topliss-reactive ketones (excluding diaryl/α,β-unsaturated/α-hetero) is 1. The molecule has 0 spiro atoms. The predicted octanol–water partition coefficient (Wildman–Crippen LogP) is 2.74. The van der Waals surface area contributed by atoms with Crippen LogP contribution in [0.4, 0.5) is 0 Å². The number of aryl methyl sites for hydroxylation is 1. The van der Waals surface area contributed by atoms with Crippen molar-refractivity contribution in [3.63, 3.8) is 0 Å². The minimum Gasteiger partial charge on any atom is -0.461 e. The smallest absolute Gasteiger partial charge is 0.134 e. The lowest BCUT2D eigenvalue weighted by Gasteiger charge is -1.95. The third kappa shape index (κ3) is 1.70. The number of rotatable bonds is 2. The Morgan fingerprint density at radius 3 is 2.88 bits per heavy atom. The van der Waals surface area contributed by atoms with Crippen LogP contribution in [0, 0.1) is 18.3 Å². The molecule has 3 nitrogen and oxygen atoms in total. The fourth-order valence-electron chi connectivity index (χ4n) is 1.81. The van der Waals surface area contributed by atoms with Crippen LogP contribution in [0.5, 0.6) is 0 Å². The number of benzene rings is 1. The van der Waals surface area contributed by atoms with Crippen molar-refractivity contribution in [2.75, 3.05) is 0 Å². The molecule has 1 aromatic heterocycles. The molecule has 0 atom stereocenters. The van der Waals surface area contributed by atoms with E-state index >= 15 is 0 Å². The molecule has 2 rings (SSSR count). The monoisotopic (exact) mass is 213 g/mol. The molecule has 0 saturated heterocycles. The SMILES string of the molecule is CC(=O)Cc1c(C)oc2ccc(C#N)cc12. The Bertz CT molecular complexity index is 602. The van der Waals surface area contributed by atoms with Gasteiger partial charge in [-0.1, -0.05) is 0 Å². The summed E-state index contributed by atoms with van der Waals surface area (Å²) in [4.78, 5) is 11.2. The van der Waals surface area contributed by atoms with E-state index in [1.54, 1.807) is 25.1 Å². The highest BCUT2D eigenvalue weighted by Crippen LogP contribution is 2.26. The van der Waals surface area contributed by atoms with E-state index in [2.05, 4.69) is 6.07 Å². The number of ketones is 1. The molecule has 0 aliphatic rings. The van der Waals surface area contributed by atoms with Gasteiger partial charge in [-0.15, -0.1) is 0 Å². The summed E-state index contributed by atoms with van der Waals surface area (Å²) in [5, 5.41) is 9.70. The maximum absolute atomic E-state index is 11.2. The Labute approximate surface area is 93.3 Å². The van der Waals surface area contributed by atoms with Crippen LogP contribution in [0.1, 0.15) is 23.8 Å². The lowest BCUT2D eigenvalue weighted by Crippen LogP contribution is -1.96. The number of carbonyl (C=O) groups excluding carboxylic acids is 1. The summed E-state index contributed by atoms with van der Waals surface area (Å²) >= 11 is 0. The highest BCUT2D eigenvalue weighted by molar-refractivity contribution is 5.89. The normalized spacial score (nSPS) is 10.3. The van der Waals surface area contributed by atoms with Gasteiger partial charge in [0, 0.05) is 17.4 Å². The molecule has 1 heterocycles. The van der Waals surface area contributed by atoms with Crippen molar-refractivity contribution >= 4 is 16.8 Å². The zero-order chi connectivity index (χ0) is 11.7. The molecule has 0 unspecified atom stereocenters. The Hall–Kier alpha value is -2.08. The molecule has 0 N–H and O–H groups in total. The number of furan rings is 1. The van der Waals surface area contributed by atoms with Crippen molar-refractivity contribution in [1.82, 2.24) is 0 Å². The van der Waals surface area contributed by atoms with E-state index in [-0.39, 0.29) is 5.78 Å². The Morgan fingerprint density at radius 2 is 2.25 bits per heavy atom. The lowest BCUT2D eigenvalue weighted by molar-refractivity contribution is -0.116. The average molecular weight is 213 g/mol. The number of carbonyl (C=O) groups is 1. The first-order chi connectivity index (χ1) is 7.61. The van der Waals surface area contributed by atoms with Gasteiger partial charge in [0.25, 0.3) is 0 Å². The Morgan fingerprint density at radius 1 is 1.50 bits per heavy atom. The molecule has 0 aliphatic heterocycles. The number of fused-ring (bicyclic) bond motifs is 1. The largest absolute Gasteiger partial charge is 0.461 e. The van der Waals surface area contributed by atoms with Gasteiger partial charge >= 0.3 is 0 Å². The molecule has 1 aromatic carbocycles. The van der Waals surface area contributed by atoms with Crippen molar-refractivity contribution in [1.29, 1.82) is 5.26 Å². The molecule has 0 aliphatic carbocycles. The fourth-order valence-corrected chi connectivity index (χ4v) is 1.81. The van der Waals surface area contributed by atoms with Gasteiger partial charge in [0.2, 0.25) is 0 Å². The second-order valence-electron chi connectivity index (χ2n) is 3.84. The average Bonchev–Trinajstić information content (AvgIpc) is 2.54. The summed E-state index contributed by atoms with van der Waals surface area (Å²) in [6, 6.07) is 7.33. The second-order valence-corrected chi connectivity index (χ2v) is 3.84. The number of nitrogens with zero attached hydrogens (tertiary/aromatic N) is 1.